The molecule has 0 saturated heterocycles. The lowest BCUT2D eigenvalue weighted by Crippen LogP contribution is -2.28. The lowest BCUT2D eigenvalue weighted by atomic mass is 9.94. The summed E-state index contributed by atoms with van der Waals surface area (Å²) in [5, 5.41) is 4.55. The van der Waals surface area contributed by atoms with E-state index in [1.807, 2.05) is 55.9 Å². The Morgan fingerprint density at radius 3 is 2.35 bits per heavy atom. The van der Waals surface area contributed by atoms with Gasteiger partial charge in [-0.3, -0.25) is 0 Å². The van der Waals surface area contributed by atoms with Gasteiger partial charge in [0.05, 0.1) is 0 Å². The Bertz CT molecular complexity index is 823. The zero-order valence-electron chi connectivity index (χ0n) is 14.0. The zero-order chi connectivity index (χ0) is 16.6. The second-order valence-electron chi connectivity index (χ2n) is 6.55. The first-order valence-electron chi connectivity index (χ1n) is 7.72. The molecular weight excluding hydrogens is 284 g/mol. The van der Waals surface area contributed by atoms with Crippen molar-refractivity contribution in [2.24, 2.45) is 12.8 Å². The number of hydrogen-bond donors (Lipinski definition) is 1. The molecule has 0 amide bonds. The van der Waals surface area contributed by atoms with Crippen molar-refractivity contribution in [3.8, 4) is 22.8 Å². The molecular formula is C19H22N4. The Morgan fingerprint density at radius 1 is 1.00 bits per heavy atom. The highest BCUT2D eigenvalue weighted by atomic mass is 15.3. The molecule has 0 atom stereocenters. The van der Waals surface area contributed by atoms with Gasteiger partial charge in [0.15, 0.2) is 11.6 Å². The molecule has 118 valence electrons. The van der Waals surface area contributed by atoms with Gasteiger partial charge in [0.2, 0.25) is 0 Å². The summed E-state index contributed by atoms with van der Waals surface area (Å²) < 4.78 is 1.82. The third-order valence-corrected chi connectivity index (χ3v) is 3.94. The molecule has 0 spiro atoms. The summed E-state index contributed by atoms with van der Waals surface area (Å²) in [6, 6.07) is 16.4. The van der Waals surface area contributed by atoms with Crippen LogP contribution in [-0.2, 0) is 12.6 Å². The van der Waals surface area contributed by atoms with Crippen molar-refractivity contribution in [2.75, 3.05) is 0 Å². The summed E-state index contributed by atoms with van der Waals surface area (Å²) in [4.78, 5) is 4.71. The fourth-order valence-electron chi connectivity index (χ4n) is 2.52. The maximum atomic E-state index is 6.21. The number of nitrogens with zero attached hydrogens (tertiary/aromatic N) is 3. The predicted molar refractivity (Wildman–Crippen MR) is 93.8 cm³/mol. The van der Waals surface area contributed by atoms with Gasteiger partial charge in [-0.2, -0.15) is 5.10 Å². The number of benzene rings is 2. The molecule has 4 heteroatoms. The van der Waals surface area contributed by atoms with Crippen LogP contribution in [-0.4, -0.2) is 14.8 Å². The SMILES string of the molecule is Cc1ccc(-c2nc(-c3cccc(C(C)(C)N)c3)n(C)n2)cc1. The van der Waals surface area contributed by atoms with E-state index in [0.29, 0.717) is 0 Å². The molecule has 23 heavy (non-hydrogen) atoms. The van der Waals surface area contributed by atoms with Gasteiger partial charge in [-0.15, -0.1) is 0 Å². The molecule has 0 saturated carbocycles. The molecule has 0 unspecified atom stereocenters. The molecule has 3 aromatic rings. The van der Waals surface area contributed by atoms with Crippen molar-refractivity contribution in [3.63, 3.8) is 0 Å². The standard InChI is InChI=1S/C19H22N4/c1-13-8-10-14(11-9-13)17-21-18(23(4)22-17)15-6-5-7-16(12-15)19(2,3)20/h5-12H,20H2,1-4H3. The Hall–Kier alpha value is -2.46. The van der Waals surface area contributed by atoms with Gasteiger partial charge in [-0.1, -0.05) is 48.0 Å². The minimum absolute atomic E-state index is 0.381. The maximum Gasteiger partial charge on any atom is 0.181 e. The Labute approximate surface area is 137 Å². The van der Waals surface area contributed by atoms with E-state index in [4.69, 9.17) is 10.7 Å². The number of rotatable bonds is 3. The summed E-state index contributed by atoms with van der Waals surface area (Å²) in [7, 11) is 1.92. The van der Waals surface area contributed by atoms with Crippen LogP contribution in [0.2, 0.25) is 0 Å². The maximum absolute atomic E-state index is 6.21. The molecule has 0 radical (unpaired) electrons. The molecule has 3 rings (SSSR count). The number of aryl methyl sites for hydroxylation is 2. The molecule has 0 aliphatic heterocycles. The van der Waals surface area contributed by atoms with E-state index in [1.165, 1.54) is 5.56 Å². The van der Waals surface area contributed by atoms with Gasteiger partial charge in [0.1, 0.15) is 0 Å². The third-order valence-electron chi connectivity index (χ3n) is 3.94. The largest absolute Gasteiger partial charge is 0.322 e. The second kappa shape index (κ2) is 5.63. The zero-order valence-corrected chi connectivity index (χ0v) is 14.0. The highest BCUT2D eigenvalue weighted by molar-refractivity contribution is 5.62. The molecule has 1 aromatic heterocycles. The van der Waals surface area contributed by atoms with Crippen LogP contribution in [0.4, 0.5) is 0 Å². The van der Waals surface area contributed by atoms with E-state index in [2.05, 4.69) is 30.2 Å². The lowest BCUT2D eigenvalue weighted by Gasteiger charge is -2.19. The van der Waals surface area contributed by atoms with E-state index in [9.17, 15) is 0 Å². The van der Waals surface area contributed by atoms with Gasteiger partial charge in [0.25, 0.3) is 0 Å². The van der Waals surface area contributed by atoms with Crippen LogP contribution >= 0.6 is 0 Å². The van der Waals surface area contributed by atoms with Crippen LogP contribution in [0.15, 0.2) is 48.5 Å². The van der Waals surface area contributed by atoms with Crippen LogP contribution in [0.5, 0.6) is 0 Å². The fraction of sp³-hybridized carbons (Fsp3) is 0.263. The monoisotopic (exact) mass is 306 g/mol. The van der Waals surface area contributed by atoms with Crippen molar-refractivity contribution in [1.82, 2.24) is 14.8 Å². The van der Waals surface area contributed by atoms with E-state index in [1.54, 1.807) is 0 Å². The molecule has 2 aromatic carbocycles. The van der Waals surface area contributed by atoms with Crippen LogP contribution in [0, 0.1) is 6.92 Å². The van der Waals surface area contributed by atoms with Crippen LogP contribution in [0.1, 0.15) is 25.0 Å². The summed E-state index contributed by atoms with van der Waals surface area (Å²) in [6.45, 7) is 6.07. The van der Waals surface area contributed by atoms with Crippen molar-refractivity contribution >= 4 is 0 Å². The topological polar surface area (TPSA) is 56.7 Å². The number of nitrogens with two attached hydrogens (primary N) is 1. The van der Waals surface area contributed by atoms with Gasteiger partial charge < -0.3 is 5.73 Å². The number of aromatic nitrogens is 3. The highest BCUT2D eigenvalue weighted by Gasteiger charge is 2.17. The minimum Gasteiger partial charge on any atom is -0.322 e. The predicted octanol–water partition coefficient (Wildman–Crippen LogP) is 3.65. The Balaban J connectivity index is 2.03. The molecule has 1 heterocycles. The summed E-state index contributed by atoms with van der Waals surface area (Å²) in [5.41, 5.74) is 10.2. The molecule has 0 bridgehead atoms. The third kappa shape index (κ3) is 3.17. The molecule has 0 aliphatic carbocycles. The Kier molecular flexibility index (Phi) is 3.78. The second-order valence-corrected chi connectivity index (χ2v) is 6.55. The van der Waals surface area contributed by atoms with E-state index >= 15 is 0 Å². The fourth-order valence-corrected chi connectivity index (χ4v) is 2.52. The van der Waals surface area contributed by atoms with Gasteiger partial charge in [0, 0.05) is 23.7 Å². The molecule has 2 N–H and O–H groups in total. The molecule has 0 aliphatic rings. The van der Waals surface area contributed by atoms with Crippen LogP contribution in [0.3, 0.4) is 0 Å². The first-order valence-corrected chi connectivity index (χ1v) is 7.72. The first-order chi connectivity index (χ1) is 10.8. The minimum atomic E-state index is -0.381. The van der Waals surface area contributed by atoms with Gasteiger partial charge in [-0.05, 0) is 32.4 Å². The number of hydrogen-bond acceptors (Lipinski definition) is 3. The first kappa shape index (κ1) is 15.4. The van der Waals surface area contributed by atoms with Crippen molar-refractivity contribution in [1.29, 1.82) is 0 Å². The average molecular weight is 306 g/mol. The van der Waals surface area contributed by atoms with Gasteiger partial charge >= 0.3 is 0 Å². The summed E-state index contributed by atoms with van der Waals surface area (Å²) in [6.07, 6.45) is 0. The van der Waals surface area contributed by atoms with Crippen LogP contribution in [0.25, 0.3) is 22.8 Å². The highest BCUT2D eigenvalue weighted by Crippen LogP contribution is 2.25. The quantitative estimate of drug-likeness (QED) is 0.803. The molecule has 0 fully saturated rings. The summed E-state index contributed by atoms with van der Waals surface area (Å²) in [5.74, 6) is 1.58. The van der Waals surface area contributed by atoms with E-state index in [0.717, 1.165) is 28.3 Å². The van der Waals surface area contributed by atoms with Crippen molar-refractivity contribution < 1.29 is 0 Å². The van der Waals surface area contributed by atoms with Crippen molar-refractivity contribution in [3.05, 3.63) is 59.7 Å². The van der Waals surface area contributed by atoms with E-state index in [-0.39, 0.29) is 5.54 Å². The molecule has 4 nitrogen and oxygen atoms in total. The lowest BCUT2D eigenvalue weighted by molar-refractivity contribution is 0.554. The van der Waals surface area contributed by atoms with Gasteiger partial charge in [-0.25, -0.2) is 9.67 Å². The Morgan fingerprint density at radius 2 is 1.70 bits per heavy atom. The van der Waals surface area contributed by atoms with E-state index < -0.39 is 0 Å². The normalized spacial score (nSPS) is 11.7. The average Bonchev–Trinajstić information content (AvgIpc) is 2.89. The summed E-state index contributed by atoms with van der Waals surface area (Å²) >= 11 is 0. The van der Waals surface area contributed by atoms with Crippen molar-refractivity contribution in [2.45, 2.75) is 26.3 Å². The smallest absolute Gasteiger partial charge is 0.181 e. The van der Waals surface area contributed by atoms with Crippen LogP contribution < -0.4 is 5.73 Å².